The zero-order valence-electron chi connectivity index (χ0n) is 15.6. The molecule has 140 valence electrons. The SMILES string of the molecule is COc1ccc(C2CCCN2C(=O)c2sc3ncn(C)c(=O)c3c2C)cc1. The lowest BCUT2D eigenvalue weighted by Crippen LogP contribution is -2.30. The maximum Gasteiger partial charge on any atom is 0.264 e. The Morgan fingerprint density at radius 1 is 1.30 bits per heavy atom. The number of hydrogen-bond acceptors (Lipinski definition) is 5. The number of rotatable bonds is 3. The van der Waals surface area contributed by atoms with Crippen LogP contribution >= 0.6 is 11.3 Å². The fourth-order valence-corrected chi connectivity index (χ4v) is 4.82. The van der Waals surface area contributed by atoms with Crippen LogP contribution in [0.3, 0.4) is 0 Å². The summed E-state index contributed by atoms with van der Waals surface area (Å²) in [5.41, 5.74) is 1.73. The Bertz CT molecular complexity index is 1070. The van der Waals surface area contributed by atoms with E-state index in [4.69, 9.17) is 4.74 Å². The maximum atomic E-state index is 13.3. The van der Waals surface area contributed by atoms with Crippen molar-refractivity contribution in [2.45, 2.75) is 25.8 Å². The first-order valence-corrected chi connectivity index (χ1v) is 9.72. The van der Waals surface area contributed by atoms with Gasteiger partial charge in [0.05, 0.1) is 29.7 Å². The van der Waals surface area contributed by atoms with E-state index in [-0.39, 0.29) is 17.5 Å². The summed E-state index contributed by atoms with van der Waals surface area (Å²) < 4.78 is 6.68. The number of hydrogen-bond donors (Lipinski definition) is 0. The Morgan fingerprint density at radius 2 is 2.04 bits per heavy atom. The fourth-order valence-electron chi connectivity index (χ4n) is 3.73. The van der Waals surface area contributed by atoms with Crippen LogP contribution in [0.4, 0.5) is 0 Å². The molecule has 1 atom stereocenters. The van der Waals surface area contributed by atoms with E-state index < -0.39 is 0 Å². The van der Waals surface area contributed by atoms with Crippen molar-refractivity contribution < 1.29 is 9.53 Å². The normalized spacial score (nSPS) is 16.9. The van der Waals surface area contributed by atoms with Gasteiger partial charge < -0.3 is 14.2 Å². The molecule has 3 aromatic rings. The van der Waals surface area contributed by atoms with E-state index in [1.807, 2.05) is 36.1 Å². The molecule has 1 aliphatic rings. The number of methoxy groups -OCH3 is 1. The van der Waals surface area contributed by atoms with Crippen LogP contribution < -0.4 is 10.3 Å². The van der Waals surface area contributed by atoms with Crippen molar-refractivity contribution in [1.29, 1.82) is 0 Å². The third-order valence-electron chi connectivity index (χ3n) is 5.22. The quantitative estimate of drug-likeness (QED) is 0.696. The van der Waals surface area contributed by atoms with Gasteiger partial charge in [0.1, 0.15) is 10.6 Å². The lowest BCUT2D eigenvalue weighted by atomic mass is 10.0. The molecule has 0 radical (unpaired) electrons. The molecule has 6 nitrogen and oxygen atoms in total. The van der Waals surface area contributed by atoms with Crippen molar-refractivity contribution in [1.82, 2.24) is 14.5 Å². The molecule has 0 saturated carbocycles. The average molecular weight is 383 g/mol. The maximum absolute atomic E-state index is 13.3. The number of benzene rings is 1. The minimum absolute atomic E-state index is 0.0177. The summed E-state index contributed by atoms with van der Waals surface area (Å²) in [6.45, 7) is 2.56. The summed E-state index contributed by atoms with van der Waals surface area (Å²) in [4.78, 5) is 33.2. The largest absolute Gasteiger partial charge is 0.497 e. The van der Waals surface area contributed by atoms with Crippen molar-refractivity contribution in [3.8, 4) is 5.75 Å². The Hall–Kier alpha value is -2.67. The van der Waals surface area contributed by atoms with Gasteiger partial charge in [-0.2, -0.15) is 0 Å². The minimum Gasteiger partial charge on any atom is -0.497 e. The van der Waals surface area contributed by atoms with Gasteiger partial charge in [-0.3, -0.25) is 9.59 Å². The van der Waals surface area contributed by atoms with E-state index in [1.54, 1.807) is 14.2 Å². The number of amides is 1. The summed E-state index contributed by atoms with van der Waals surface area (Å²) >= 11 is 1.31. The predicted octanol–water partition coefficient (Wildman–Crippen LogP) is 3.29. The number of aryl methyl sites for hydroxylation is 2. The van der Waals surface area contributed by atoms with Gasteiger partial charge in [0.15, 0.2) is 0 Å². The molecule has 1 fully saturated rings. The molecular weight excluding hydrogens is 362 g/mol. The second-order valence-corrected chi connectivity index (χ2v) is 7.83. The first-order chi connectivity index (χ1) is 13.0. The molecular formula is C20H21N3O3S. The van der Waals surface area contributed by atoms with Gasteiger partial charge in [0.25, 0.3) is 11.5 Å². The van der Waals surface area contributed by atoms with Crippen LogP contribution in [0.1, 0.15) is 39.7 Å². The molecule has 0 N–H and O–H groups in total. The Kier molecular flexibility index (Phi) is 4.47. The lowest BCUT2D eigenvalue weighted by Gasteiger charge is -2.25. The molecule has 0 bridgehead atoms. The van der Waals surface area contributed by atoms with Gasteiger partial charge in [0.2, 0.25) is 0 Å². The Morgan fingerprint density at radius 3 is 2.74 bits per heavy atom. The van der Waals surface area contributed by atoms with Crippen LogP contribution in [0.25, 0.3) is 10.2 Å². The summed E-state index contributed by atoms with van der Waals surface area (Å²) in [7, 11) is 3.32. The zero-order valence-corrected chi connectivity index (χ0v) is 16.4. The molecule has 4 rings (SSSR count). The molecule has 3 heterocycles. The number of nitrogens with zero attached hydrogens (tertiary/aromatic N) is 3. The molecule has 0 spiro atoms. The number of fused-ring (bicyclic) bond motifs is 1. The third-order valence-corrected chi connectivity index (χ3v) is 6.41. The van der Waals surface area contributed by atoms with E-state index >= 15 is 0 Å². The fraction of sp³-hybridized carbons (Fsp3) is 0.350. The molecule has 1 aromatic carbocycles. The van der Waals surface area contributed by atoms with E-state index in [1.165, 1.54) is 22.2 Å². The van der Waals surface area contributed by atoms with Crippen LogP contribution in [0, 0.1) is 6.92 Å². The molecule has 0 aliphatic carbocycles. The van der Waals surface area contributed by atoms with E-state index in [0.717, 1.165) is 29.7 Å². The van der Waals surface area contributed by atoms with Crippen molar-refractivity contribution in [2.75, 3.05) is 13.7 Å². The number of carbonyl (C=O) groups excluding carboxylic acids is 1. The highest BCUT2D eigenvalue weighted by Crippen LogP contribution is 2.36. The van der Waals surface area contributed by atoms with Gasteiger partial charge in [-0.25, -0.2) is 4.98 Å². The highest BCUT2D eigenvalue weighted by atomic mass is 32.1. The van der Waals surface area contributed by atoms with Crippen LogP contribution in [0.15, 0.2) is 35.4 Å². The number of likely N-dealkylation sites (tertiary alicyclic amines) is 1. The summed E-state index contributed by atoms with van der Waals surface area (Å²) in [6, 6.07) is 7.93. The first kappa shape index (κ1) is 17.7. The van der Waals surface area contributed by atoms with Gasteiger partial charge in [-0.15, -0.1) is 11.3 Å². The van der Waals surface area contributed by atoms with Crippen molar-refractivity contribution in [3.05, 3.63) is 57.0 Å². The van der Waals surface area contributed by atoms with Crippen molar-refractivity contribution in [2.24, 2.45) is 7.05 Å². The lowest BCUT2D eigenvalue weighted by molar-refractivity contribution is 0.0740. The second-order valence-electron chi connectivity index (χ2n) is 6.83. The number of aromatic nitrogens is 2. The van der Waals surface area contributed by atoms with Crippen LogP contribution in [0.5, 0.6) is 5.75 Å². The summed E-state index contributed by atoms with van der Waals surface area (Å²) in [5, 5.41) is 0.550. The molecule has 27 heavy (non-hydrogen) atoms. The van der Waals surface area contributed by atoms with Gasteiger partial charge in [-0.1, -0.05) is 12.1 Å². The van der Waals surface area contributed by atoms with Crippen LogP contribution in [-0.2, 0) is 7.05 Å². The van der Waals surface area contributed by atoms with Gasteiger partial charge >= 0.3 is 0 Å². The van der Waals surface area contributed by atoms with Gasteiger partial charge in [-0.05, 0) is 43.0 Å². The standard InChI is InChI=1S/C20H21N3O3S/c1-12-16-18(21-11-22(2)19(16)24)27-17(12)20(25)23-10-4-5-15(23)13-6-8-14(26-3)9-7-13/h6-9,11,15H,4-5,10H2,1-3H3. The van der Waals surface area contributed by atoms with Crippen molar-refractivity contribution in [3.63, 3.8) is 0 Å². The summed E-state index contributed by atoms with van der Waals surface area (Å²) in [5.74, 6) is 0.785. The molecule has 7 heteroatoms. The van der Waals surface area contributed by atoms with E-state index in [0.29, 0.717) is 21.6 Å². The van der Waals surface area contributed by atoms with Crippen LogP contribution in [0.2, 0.25) is 0 Å². The molecule has 1 amide bonds. The molecule has 2 aromatic heterocycles. The highest BCUT2D eigenvalue weighted by Gasteiger charge is 2.33. The van der Waals surface area contributed by atoms with Gasteiger partial charge in [0, 0.05) is 13.6 Å². The number of ether oxygens (including phenoxy) is 1. The molecule has 1 aliphatic heterocycles. The number of carbonyl (C=O) groups is 1. The van der Waals surface area contributed by atoms with E-state index in [2.05, 4.69) is 4.98 Å². The number of thiophene rings is 1. The highest BCUT2D eigenvalue weighted by molar-refractivity contribution is 7.20. The second kappa shape index (κ2) is 6.81. The zero-order chi connectivity index (χ0) is 19.1. The van der Waals surface area contributed by atoms with Crippen LogP contribution in [-0.4, -0.2) is 34.0 Å². The molecule has 1 saturated heterocycles. The summed E-state index contributed by atoms with van der Waals surface area (Å²) in [6.07, 6.45) is 3.40. The first-order valence-electron chi connectivity index (χ1n) is 8.91. The smallest absolute Gasteiger partial charge is 0.264 e. The minimum atomic E-state index is -0.110. The third kappa shape index (κ3) is 2.92. The van der Waals surface area contributed by atoms with E-state index in [9.17, 15) is 9.59 Å². The van der Waals surface area contributed by atoms with Crippen molar-refractivity contribution >= 4 is 27.5 Å². The Balaban J connectivity index is 1.71. The molecule has 1 unspecified atom stereocenters. The average Bonchev–Trinajstić information content (AvgIpc) is 3.30. The topological polar surface area (TPSA) is 64.4 Å². The monoisotopic (exact) mass is 383 g/mol. The predicted molar refractivity (Wildman–Crippen MR) is 106 cm³/mol. The Labute approximate surface area is 161 Å².